The van der Waals surface area contributed by atoms with Crippen molar-refractivity contribution in [3.8, 4) is 0 Å². The van der Waals surface area contributed by atoms with Gasteiger partial charge in [0.2, 0.25) is 5.91 Å². The second-order valence-corrected chi connectivity index (χ2v) is 11.1. The summed E-state index contributed by atoms with van der Waals surface area (Å²) in [4.78, 5) is 27.7. The van der Waals surface area contributed by atoms with Crippen LogP contribution >= 0.6 is 11.6 Å². The molecule has 188 valence electrons. The molecule has 3 heterocycles. The Morgan fingerprint density at radius 3 is 2.17 bits per heavy atom. The van der Waals surface area contributed by atoms with Crippen LogP contribution in [-0.4, -0.2) is 58.2 Å². The van der Waals surface area contributed by atoms with Crippen LogP contribution < -0.4 is 0 Å². The second kappa shape index (κ2) is 11.5. The third kappa shape index (κ3) is 7.28. The highest BCUT2D eigenvalue weighted by atomic mass is 35.5. The molecule has 0 spiro atoms. The molecule has 0 atom stereocenters. The van der Waals surface area contributed by atoms with Crippen LogP contribution in [0.5, 0.6) is 0 Å². The summed E-state index contributed by atoms with van der Waals surface area (Å²) < 4.78 is 0. The van der Waals surface area contributed by atoms with Crippen molar-refractivity contribution < 1.29 is 9.63 Å². The molecule has 1 amide bonds. The van der Waals surface area contributed by atoms with Gasteiger partial charge in [0, 0.05) is 48.9 Å². The van der Waals surface area contributed by atoms with E-state index < -0.39 is 0 Å². The molecule has 2 aromatic rings. The summed E-state index contributed by atoms with van der Waals surface area (Å²) in [5.74, 6) is 0.710. The number of oxime groups is 1. The van der Waals surface area contributed by atoms with E-state index in [1.807, 2.05) is 57.4 Å². The molecule has 7 heteroatoms. The molecule has 0 N–H and O–H groups in total. The van der Waals surface area contributed by atoms with Crippen LogP contribution in [0, 0.1) is 11.8 Å². The first-order chi connectivity index (χ1) is 16.8. The van der Waals surface area contributed by atoms with Crippen molar-refractivity contribution in [2.45, 2.75) is 58.6 Å². The molecule has 0 radical (unpaired) electrons. The number of pyridine rings is 1. The lowest BCUT2D eigenvalue weighted by molar-refractivity contribution is -0.138. The summed E-state index contributed by atoms with van der Waals surface area (Å²) in [5, 5.41) is 5.29. The van der Waals surface area contributed by atoms with E-state index in [-0.39, 0.29) is 17.4 Å². The zero-order valence-corrected chi connectivity index (χ0v) is 21.9. The lowest BCUT2D eigenvalue weighted by atomic mass is 9.87. The number of amides is 1. The fourth-order valence-electron chi connectivity index (χ4n) is 4.89. The van der Waals surface area contributed by atoms with Crippen molar-refractivity contribution in [1.82, 2.24) is 14.8 Å². The minimum absolute atomic E-state index is 0.133. The summed E-state index contributed by atoms with van der Waals surface area (Å²) >= 11 is 6.11. The minimum Gasteiger partial charge on any atom is -0.390 e. The lowest BCUT2D eigenvalue weighted by Gasteiger charge is -2.37. The van der Waals surface area contributed by atoms with Gasteiger partial charge in [-0.2, -0.15) is 0 Å². The monoisotopic (exact) mass is 496 g/mol. The van der Waals surface area contributed by atoms with Crippen molar-refractivity contribution in [3.63, 3.8) is 0 Å². The van der Waals surface area contributed by atoms with Crippen molar-refractivity contribution in [3.05, 3.63) is 64.9 Å². The summed E-state index contributed by atoms with van der Waals surface area (Å²) in [7, 11) is 0. The van der Waals surface area contributed by atoms with Crippen molar-refractivity contribution >= 4 is 23.2 Å². The molecule has 6 nitrogen and oxygen atoms in total. The van der Waals surface area contributed by atoms with Crippen LogP contribution in [0.1, 0.15) is 57.6 Å². The van der Waals surface area contributed by atoms with E-state index in [1.54, 1.807) is 0 Å². The summed E-state index contributed by atoms with van der Waals surface area (Å²) in [6.45, 7) is 10.4. The van der Waals surface area contributed by atoms with Gasteiger partial charge in [0.15, 0.2) is 0 Å². The molecule has 1 aromatic carbocycles. The first kappa shape index (κ1) is 25.6. The SMILES string of the molecule is CC(C)(C)ON=C(c1ccc(Cl)cc1)C1CCN(C(=O)C2CCN(Cc3ccncc3)CC2)CC1. The van der Waals surface area contributed by atoms with Crippen LogP contribution in [0.4, 0.5) is 0 Å². The Kier molecular flexibility index (Phi) is 8.45. The maximum Gasteiger partial charge on any atom is 0.225 e. The molecule has 1 aromatic heterocycles. The largest absolute Gasteiger partial charge is 0.390 e. The van der Waals surface area contributed by atoms with E-state index in [0.29, 0.717) is 10.9 Å². The second-order valence-electron chi connectivity index (χ2n) is 10.7. The number of carbonyl (C=O) groups is 1. The molecule has 0 unspecified atom stereocenters. The zero-order chi connectivity index (χ0) is 24.8. The molecule has 2 fully saturated rings. The highest BCUT2D eigenvalue weighted by Gasteiger charge is 2.32. The Labute approximate surface area is 214 Å². The van der Waals surface area contributed by atoms with Gasteiger partial charge in [-0.05, 0) is 94.9 Å². The van der Waals surface area contributed by atoms with Crippen LogP contribution in [0.25, 0.3) is 0 Å². The molecule has 2 saturated heterocycles. The van der Waals surface area contributed by atoms with Crippen LogP contribution in [0.3, 0.4) is 0 Å². The van der Waals surface area contributed by atoms with Gasteiger partial charge in [-0.25, -0.2) is 0 Å². The number of rotatable bonds is 6. The van der Waals surface area contributed by atoms with Gasteiger partial charge < -0.3 is 9.74 Å². The topological polar surface area (TPSA) is 58.0 Å². The fraction of sp³-hybridized carbons (Fsp3) is 0.536. The number of nitrogens with zero attached hydrogens (tertiary/aromatic N) is 4. The van der Waals surface area contributed by atoms with Gasteiger partial charge >= 0.3 is 0 Å². The van der Waals surface area contributed by atoms with Crippen molar-refractivity contribution in [2.24, 2.45) is 17.0 Å². The number of hydrogen-bond acceptors (Lipinski definition) is 5. The van der Waals surface area contributed by atoms with Gasteiger partial charge in [0.1, 0.15) is 5.60 Å². The average molecular weight is 497 g/mol. The first-order valence-electron chi connectivity index (χ1n) is 12.7. The standard InChI is InChI=1S/C28H37ClN4O2/c1-28(2,3)35-31-26(22-4-6-25(29)7-5-22)23-12-18-33(19-13-23)27(34)24-10-16-32(17-11-24)20-21-8-14-30-15-9-21/h4-9,14-15,23-24H,10-13,16-20H2,1-3H3. The van der Waals surface area contributed by atoms with Crippen LogP contribution in [0.15, 0.2) is 53.9 Å². The molecule has 2 aliphatic heterocycles. The maximum atomic E-state index is 13.3. The van der Waals surface area contributed by atoms with Crippen molar-refractivity contribution in [1.29, 1.82) is 0 Å². The van der Waals surface area contributed by atoms with Gasteiger partial charge in [-0.1, -0.05) is 28.9 Å². The number of halogens is 1. The molecular formula is C28H37ClN4O2. The van der Waals surface area contributed by atoms with E-state index in [9.17, 15) is 4.79 Å². The highest BCUT2D eigenvalue weighted by Crippen LogP contribution is 2.28. The molecule has 4 rings (SSSR count). The summed E-state index contributed by atoms with van der Waals surface area (Å²) in [6, 6.07) is 11.9. The van der Waals surface area contributed by atoms with E-state index in [2.05, 4.69) is 32.1 Å². The van der Waals surface area contributed by atoms with E-state index in [4.69, 9.17) is 16.4 Å². The third-order valence-electron chi connectivity index (χ3n) is 6.84. The molecular weight excluding hydrogens is 460 g/mol. The van der Waals surface area contributed by atoms with Gasteiger partial charge in [-0.3, -0.25) is 14.7 Å². The van der Waals surface area contributed by atoms with Gasteiger partial charge in [-0.15, -0.1) is 0 Å². The molecule has 0 bridgehead atoms. The quantitative estimate of drug-likeness (QED) is 0.396. The smallest absolute Gasteiger partial charge is 0.225 e. The molecule has 35 heavy (non-hydrogen) atoms. The first-order valence-corrected chi connectivity index (χ1v) is 13.1. The van der Waals surface area contributed by atoms with E-state index in [0.717, 1.165) is 69.7 Å². The number of piperidine rings is 2. The maximum absolute atomic E-state index is 13.3. The predicted octanol–water partition coefficient (Wildman–Crippen LogP) is 5.41. The van der Waals surface area contributed by atoms with E-state index in [1.165, 1.54) is 5.56 Å². The number of aromatic nitrogens is 1. The Bertz CT molecular complexity index is 988. The Morgan fingerprint density at radius 2 is 1.57 bits per heavy atom. The van der Waals surface area contributed by atoms with Gasteiger partial charge in [0.25, 0.3) is 0 Å². The Balaban J connectivity index is 1.32. The van der Waals surface area contributed by atoms with Crippen molar-refractivity contribution in [2.75, 3.05) is 26.2 Å². The average Bonchev–Trinajstić information content (AvgIpc) is 2.86. The minimum atomic E-state index is -0.361. The summed E-state index contributed by atoms with van der Waals surface area (Å²) in [6.07, 6.45) is 7.33. The zero-order valence-electron chi connectivity index (χ0n) is 21.1. The highest BCUT2D eigenvalue weighted by molar-refractivity contribution is 6.30. The number of carbonyl (C=O) groups excluding carboxylic acids is 1. The van der Waals surface area contributed by atoms with Gasteiger partial charge in [0.05, 0.1) is 5.71 Å². The fourth-order valence-corrected chi connectivity index (χ4v) is 5.01. The van der Waals surface area contributed by atoms with Crippen LogP contribution in [0.2, 0.25) is 5.02 Å². The van der Waals surface area contributed by atoms with E-state index >= 15 is 0 Å². The number of benzene rings is 1. The molecule has 0 saturated carbocycles. The Hall–Kier alpha value is -2.44. The molecule has 0 aliphatic carbocycles. The number of likely N-dealkylation sites (tertiary alicyclic amines) is 2. The molecule has 2 aliphatic rings. The third-order valence-corrected chi connectivity index (χ3v) is 7.10. The predicted molar refractivity (Wildman–Crippen MR) is 140 cm³/mol. The lowest BCUT2D eigenvalue weighted by Crippen LogP contribution is -2.46. The van der Waals surface area contributed by atoms with Crippen LogP contribution in [-0.2, 0) is 16.2 Å². The number of hydrogen-bond donors (Lipinski definition) is 0. The Morgan fingerprint density at radius 1 is 0.971 bits per heavy atom. The summed E-state index contributed by atoms with van der Waals surface area (Å²) in [5.41, 5.74) is 2.90. The normalized spacial score (nSPS) is 19.1.